The summed E-state index contributed by atoms with van der Waals surface area (Å²) in [6.45, 7) is 5.62. The van der Waals surface area contributed by atoms with Crippen LogP contribution in [0.4, 0.5) is 5.95 Å². The first-order valence-corrected chi connectivity index (χ1v) is 11.2. The van der Waals surface area contributed by atoms with Crippen molar-refractivity contribution in [3.63, 3.8) is 0 Å². The van der Waals surface area contributed by atoms with Crippen molar-refractivity contribution < 1.29 is 4.74 Å². The number of nitrogens with one attached hydrogen (secondary N) is 1. The Kier molecular flexibility index (Phi) is 5.79. The van der Waals surface area contributed by atoms with Crippen LogP contribution in [0.15, 0.2) is 83.9 Å². The van der Waals surface area contributed by atoms with Crippen molar-refractivity contribution in [2.24, 2.45) is 11.8 Å². The monoisotopic (exact) mass is 441 g/mol. The summed E-state index contributed by atoms with van der Waals surface area (Å²) in [6, 6.07) is 20.6. The van der Waals surface area contributed by atoms with E-state index in [0.29, 0.717) is 30.3 Å². The Bertz CT molecular complexity index is 1310. The van der Waals surface area contributed by atoms with Crippen molar-refractivity contribution in [3.05, 3.63) is 101 Å². The molecular formula is C26H27N5O2. The van der Waals surface area contributed by atoms with Crippen LogP contribution in [0.5, 0.6) is 0 Å². The van der Waals surface area contributed by atoms with Crippen LogP contribution in [-0.2, 0) is 17.8 Å². The zero-order valence-electron chi connectivity index (χ0n) is 18.4. The molecule has 5 rings (SSSR count). The lowest BCUT2D eigenvalue weighted by Gasteiger charge is -2.21. The predicted octanol–water partition coefficient (Wildman–Crippen LogP) is 3.89. The number of hydrogen-bond donors (Lipinski definition) is 2. The molecule has 0 radical (unpaired) electrons. The van der Waals surface area contributed by atoms with E-state index in [2.05, 4.69) is 57.9 Å². The highest BCUT2D eigenvalue weighted by Gasteiger charge is 2.39. The Morgan fingerprint density at radius 3 is 2.52 bits per heavy atom. The molecule has 4 aromatic rings. The fraction of sp³-hybridized carbons (Fsp3) is 0.269. The summed E-state index contributed by atoms with van der Waals surface area (Å²) < 4.78 is 8.10. The van der Waals surface area contributed by atoms with Crippen molar-refractivity contribution in [1.29, 1.82) is 0 Å². The number of aromatic nitrogens is 4. The lowest BCUT2D eigenvalue weighted by atomic mass is 9.89. The molecule has 1 fully saturated rings. The largest absolute Gasteiger partial charge is 0.376 e. The number of hydrogen-bond acceptors (Lipinski definition) is 5. The number of imidazole rings is 1. The Labute approximate surface area is 192 Å². The summed E-state index contributed by atoms with van der Waals surface area (Å²) in [5, 5.41) is 0. The number of nitrogen functional groups attached to an aromatic ring is 1. The first kappa shape index (κ1) is 21.2. The summed E-state index contributed by atoms with van der Waals surface area (Å²) in [4.78, 5) is 23.4. The summed E-state index contributed by atoms with van der Waals surface area (Å²) >= 11 is 0. The molecule has 3 unspecified atom stereocenters. The molecular weight excluding hydrogens is 414 g/mol. The van der Waals surface area contributed by atoms with E-state index in [4.69, 9.17) is 10.5 Å². The zero-order valence-corrected chi connectivity index (χ0v) is 18.4. The van der Waals surface area contributed by atoms with Crippen LogP contribution >= 0.6 is 0 Å². The average molecular weight is 442 g/mol. The molecule has 1 saturated carbocycles. The van der Waals surface area contributed by atoms with Crippen LogP contribution in [0.3, 0.4) is 0 Å². The number of fused-ring (bicyclic) bond motifs is 1. The molecule has 7 heteroatoms. The molecule has 168 valence electrons. The zero-order chi connectivity index (χ0) is 22.8. The molecule has 3 N–H and O–H groups in total. The number of H-pyrrole nitrogens is 1. The Morgan fingerprint density at radius 2 is 1.79 bits per heavy atom. The maximum atomic E-state index is 12.3. The number of anilines is 1. The lowest BCUT2D eigenvalue weighted by molar-refractivity contribution is 0.0847. The van der Waals surface area contributed by atoms with Gasteiger partial charge in [-0.05, 0) is 35.5 Å². The minimum absolute atomic E-state index is 0.0252. The average Bonchev–Trinajstić information content (AvgIpc) is 3.37. The van der Waals surface area contributed by atoms with Gasteiger partial charge in [0, 0.05) is 5.92 Å². The second-order valence-corrected chi connectivity index (χ2v) is 8.66. The fourth-order valence-corrected chi connectivity index (χ4v) is 4.88. The first-order valence-electron chi connectivity index (χ1n) is 11.2. The number of aromatic amines is 1. The summed E-state index contributed by atoms with van der Waals surface area (Å²) in [6.07, 6.45) is 3.47. The smallest absolute Gasteiger partial charge is 0.280 e. The number of ether oxygens (including phenoxy) is 1. The molecule has 0 saturated heterocycles. The van der Waals surface area contributed by atoms with Gasteiger partial charge in [0.25, 0.3) is 5.56 Å². The molecule has 1 aliphatic carbocycles. The van der Waals surface area contributed by atoms with Gasteiger partial charge < -0.3 is 15.0 Å². The van der Waals surface area contributed by atoms with E-state index >= 15 is 0 Å². The first-order chi connectivity index (χ1) is 16.1. The Hall–Kier alpha value is -3.71. The molecule has 0 spiro atoms. The van der Waals surface area contributed by atoms with Crippen LogP contribution in [0, 0.1) is 11.8 Å². The SMILES string of the molecule is C=C1C(COCc2ccccc2)C(Cc2ccccc2)CC1n1cnc2c(=O)[nH]c(N)nc21. The van der Waals surface area contributed by atoms with Crippen molar-refractivity contribution in [2.75, 3.05) is 12.3 Å². The van der Waals surface area contributed by atoms with Crippen LogP contribution in [-0.4, -0.2) is 26.1 Å². The third-order valence-electron chi connectivity index (χ3n) is 6.54. The third kappa shape index (κ3) is 4.32. The van der Waals surface area contributed by atoms with Crippen LogP contribution in [0.25, 0.3) is 11.2 Å². The van der Waals surface area contributed by atoms with Crippen molar-refractivity contribution in [3.8, 4) is 0 Å². The Balaban J connectivity index is 1.41. The summed E-state index contributed by atoms with van der Waals surface area (Å²) in [5.74, 6) is 0.606. The molecule has 7 nitrogen and oxygen atoms in total. The molecule has 2 aromatic heterocycles. The van der Waals surface area contributed by atoms with E-state index in [1.165, 1.54) is 5.56 Å². The van der Waals surface area contributed by atoms with E-state index in [1.54, 1.807) is 6.33 Å². The molecule has 3 atom stereocenters. The second-order valence-electron chi connectivity index (χ2n) is 8.66. The van der Waals surface area contributed by atoms with Gasteiger partial charge in [-0.1, -0.05) is 67.2 Å². The number of rotatable bonds is 7. The predicted molar refractivity (Wildman–Crippen MR) is 129 cm³/mol. The highest BCUT2D eigenvalue weighted by Crippen LogP contribution is 2.45. The van der Waals surface area contributed by atoms with Crippen LogP contribution in [0.2, 0.25) is 0 Å². The molecule has 0 bridgehead atoms. The normalized spacial score (nSPS) is 20.5. The van der Waals surface area contributed by atoms with Gasteiger partial charge >= 0.3 is 0 Å². The second kappa shape index (κ2) is 9.03. The van der Waals surface area contributed by atoms with E-state index in [0.717, 1.165) is 24.0 Å². The molecule has 33 heavy (non-hydrogen) atoms. The van der Waals surface area contributed by atoms with Gasteiger partial charge in [-0.25, -0.2) is 4.98 Å². The maximum Gasteiger partial charge on any atom is 0.280 e. The van der Waals surface area contributed by atoms with Crippen molar-refractivity contribution in [2.45, 2.75) is 25.5 Å². The minimum atomic E-state index is -0.330. The van der Waals surface area contributed by atoms with Gasteiger partial charge in [-0.3, -0.25) is 9.78 Å². The van der Waals surface area contributed by atoms with Gasteiger partial charge in [-0.15, -0.1) is 0 Å². The van der Waals surface area contributed by atoms with Gasteiger partial charge in [0.2, 0.25) is 5.95 Å². The lowest BCUT2D eigenvalue weighted by Crippen LogP contribution is -2.18. The van der Waals surface area contributed by atoms with Gasteiger partial charge in [0.1, 0.15) is 0 Å². The minimum Gasteiger partial charge on any atom is -0.376 e. The van der Waals surface area contributed by atoms with Crippen molar-refractivity contribution in [1.82, 2.24) is 19.5 Å². The molecule has 1 aliphatic rings. The molecule has 0 aliphatic heterocycles. The highest BCUT2D eigenvalue weighted by molar-refractivity contribution is 5.71. The van der Waals surface area contributed by atoms with Gasteiger partial charge in [0.15, 0.2) is 11.2 Å². The van der Waals surface area contributed by atoms with E-state index in [-0.39, 0.29) is 23.5 Å². The van der Waals surface area contributed by atoms with E-state index in [1.807, 2.05) is 28.8 Å². The topological polar surface area (TPSA) is 98.8 Å². The van der Waals surface area contributed by atoms with E-state index in [9.17, 15) is 4.79 Å². The third-order valence-corrected chi connectivity index (χ3v) is 6.54. The highest BCUT2D eigenvalue weighted by atomic mass is 16.5. The Morgan fingerprint density at radius 1 is 1.09 bits per heavy atom. The summed E-state index contributed by atoms with van der Waals surface area (Å²) in [7, 11) is 0. The number of nitrogens with two attached hydrogens (primary N) is 1. The van der Waals surface area contributed by atoms with E-state index < -0.39 is 0 Å². The fourth-order valence-electron chi connectivity index (χ4n) is 4.88. The number of nitrogens with zero attached hydrogens (tertiary/aromatic N) is 3. The van der Waals surface area contributed by atoms with Gasteiger partial charge in [-0.2, -0.15) is 4.98 Å². The standard InChI is InChI=1S/C26H27N5O2/c1-17-21(15-33-14-19-10-6-3-7-11-19)20(12-18-8-4-2-5-9-18)13-22(17)31-16-28-23-24(31)29-26(27)30-25(23)32/h2-11,16,20-22H,1,12-15H2,(H3,27,29,30,32). The van der Waals surface area contributed by atoms with Gasteiger partial charge in [0.05, 0.1) is 25.6 Å². The number of benzene rings is 2. The van der Waals surface area contributed by atoms with Crippen molar-refractivity contribution >= 4 is 17.1 Å². The quantitative estimate of drug-likeness (QED) is 0.424. The van der Waals surface area contributed by atoms with Crippen LogP contribution in [0.1, 0.15) is 23.6 Å². The molecule has 2 aromatic carbocycles. The van der Waals surface area contributed by atoms with Crippen LogP contribution < -0.4 is 11.3 Å². The molecule has 2 heterocycles. The molecule has 0 amide bonds. The maximum absolute atomic E-state index is 12.3. The summed E-state index contributed by atoms with van der Waals surface area (Å²) in [5.41, 5.74) is 9.78.